The molecule has 0 fully saturated rings. The number of H-pyrrole nitrogens is 1. The number of fused-ring (bicyclic) bond motifs is 1. The number of aromatic nitrogens is 1. The Morgan fingerprint density at radius 3 is 2.77 bits per heavy atom. The molecule has 5 nitrogen and oxygen atoms in total. The Hall–Kier alpha value is -3.40. The van der Waals surface area contributed by atoms with Crippen molar-refractivity contribution in [1.29, 1.82) is 5.26 Å². The number of hydrogen-bond acceptors (Lipinski definition) is 4. The van der Waals surface area contributed by atoms with Crippen molar-refractivity contribution >= 4 is 46.2 Å². The van der Waals surface area contributed by atoms with Crippen molar-refractivity contribution in [3.8, 4) is 6.07 Å². The van der Waals surface area contributed by atoms with Gasteiger partial charge in [-0.05, 0) is 54.4 Å². The number of carbonyl (C=O) groups excluding carboxylic acids is 1. The maximum absolute atomic E-state index is 12.4. The van der Waals surface area contributed by atoms with Gasteiger partial charge in [-0.2, -0.15) is 5.26 Å². The number of halogens is 1. The maximum atomic E-state index is 12.4. The van der Waals surface area contributed by atoms with Crippen molar-refractivity contribution in [1.82, 2.24) is 10.3 Å². The lowest BCUT2D eigenvalue weighted by atomic mass is 10.1. The molecular weight excluding hydrogens is 430 g/mol. The van der Waals surface area contributed by atoms with Crippen LogP contribution in [0, 0.1) is 11.3 Å². The van der Waals surface area contributed by atoms with Gasteiger partial charge in [0.1, 0.15) is 17.4 Å². The first-order valence-corrected chi connectivity index (χ1v) is 10.8. The highest BCUT2D eigenvalue weighted by Gasteiger charge is 2.11. The predicted octanol–water partition coefficient (Wildman–Crippen LogP) is 5.83. The van der Waals surface area contributed by atoms with Crippen LogP contribution in [-0.2, 0) is 11.2 Å². The van der Waals surface area contributed by atoms with Crippen LogP contribution in [0.4, 0.5) is 0 Å². The van der Waals surface area contributed by atoms with Gasteiger partial charge in [0.05, 0.1) is 0 Å². The first kappa shape index (κ1) is 20.9. The van der Waals surface area contributed by atoms with E-state index in [1.165, 1.54) is 17.8 Å². The van der Waals surface area contributed by atoms with Crippen LogP contribution < -0.4 is 5.32 Å². The summed E-state index contributed by atoms with van der Waals surface area (Å²) in [7, 11) is 0. The van der Waals surface area contributed by atoms with Gasteiger partial charge in [0, 0.05) is 39.6 Å². The molecule has 0 aliphatic heterocycles. The van der Waals surface area contributed by atoms with Crippen molar-refractivity contribution < 1.29 is 9.21 Å². The highest BCUT2D eigenvalue weighted by atomic mass is 35.5. The quantitative estimate of drug-likeness (QED) is 0.276. The molecule has 4 aromatic rings. The van der Waals surface area contributed by atoms with E-state index in [4.69, 9.17) is 16.0 Å². The van der Waals surface area contributed by atoms with Gasteiger partial charge in [0.15, 0.2) is 5.09 Å². The molecule has 0 saturated heterocycles. The molecule has 0 saturated carbocycles. The van der Waals surface area contributed by atoms with Crippen LogP contribution in [0.5, 0.6) is 0 Å². The third-order valence-electron chi connectivity index (χ3n) is 4.64. The Morgan fingerprint density at radius 2 is 1.97 bits per heavy atom. The second-order valence-electron chi connectivity index (χ2n) is 6.75. The van der Waals surface area contributed by atoms with Crippen molar-refractivity contribution in [2.24, 2.45) is 0 Å². The summed E-state index contributed by atoms with van der Waals surface area (Å²) in [6.07, 6.45) is 4.06. The zero-order valence-corrected chi connectivity index (χ0v) is 18.0. The van der Waals surface area contributed by atoms with Crippen molar-refractivity contribution in [2.45, 2.75) is 16.4 Å². The summed E-state index contributed by atoms with van der Waals surface area (Å²) in [6.45, 7) is 0.426. The molecular formula is C24H18ClN3O2S. The number of amides is 1. The van der Waals surface area contributed by atoms with Crippen molar-refractivity contribution in [3.05, 3.63) is 88.8 Å². The number of nitrogens with one attached hydrogen (secondary N) is 2. The lowest BCUT2D eigenvalue weighted by Gasteiger charge is -2.03. The van der Waals surface area contributed by atoms with Gasteiger partial charge >= 0.3 is 0 Å². The highest BCUT2D eigenvalue weighted by Crippen LogP contribution is 2.30. The number of nitrogens with zero attached hydrogens (tertiary/aromatic N) is 1. The number of rotatable bonds is 7. The molecule has 7 heteroatoms. The van der Waals surface area contributed by atoms with Crippen LogP contribution in [0.3, 0.4) is 0 Å². The highest BCUT2D eigenvalue weighted by molar-refractivity contribution is 7.99. The molecule has 2 heterocycles. The molecule has 0 unspecified atom stereocenters. The molecule has 154 valence electrons. The second kappa shape index (κ2) is 9.61. The van der Waals surface area contributed by atoms with Crippen LogP contribution in [0.2, 0.25) is 5.02 Å². The van der Waals surface area contributed by atoms with E-state index in [9.17, 15) is 10.1 Å². The number of furan rings is 1. The SMILES string of the molecule is N#C/C(=C/c1ccc(Sc2ccc(Cl)cc2)o1)C(=O)NCCc1c[nH]c2ccccc12. The summed E-state index contributed by atoms with van der Waals surface area (Å²) in [4.78, 5) is 16.6. The van der Waals surface area contributed by atoms with E-state index < -0.39 is 5.91 Å². The Bertz CT molecular complexity index is 1280. The van der Waals surface area contributed by atoms with E-state index >= 15 is 0 Å². The number of para-hydroxylation sites is 1. The standard InChI is InChI=1S/C24H18ClN3O2S/c25-18-5-8-20(9-6-18)31-23-10-7-19(30-23)13-17(14-26)24(29)27-12-11-16-15-28-22-4-2-1-3-21(16)22/h1-10,13,15,28H,11-12H2,(H,27,29)/b17-13-. The third-order valence-corrected chi connectivity index (χ3v) is 5.82. The summed E-state index contributed by atoms with van der Waals surface area (Å²) in [5, 5.41) is 14.7. The summed E-state index contributed by atoms with van der Waals surface area (Å²) in [5.74, 6) is 0.0189. The number of hydrogen-bond donors (Lipinski definition) is 2. The van der Waals surface area contributed by atoms with Gasteiger partial charge in [-0.15, -0.1) is 0 Å². The molecule has 0 radical (unpaired) electrons. The summed E-state index contributed by atoms with van der Waals surface area (Å²) >= 11 is 7.33. The fourth-order valence-corrected chi connectivity index (χ4v) is 4.03. The van der Waals surface area contributed by atoms with E-state index in [1.54, 1.807) is 12.1 Å². The predicted molar refractivity (Wildman–Crippen MR) is 123 cm³/mol. The first-order chi connectivity index (χ1) is 15.1. The fraction of sp³-hybridized carbons (Fsp3) is 0.0833. The molecule has 2 N–H and O–H groups in total. The summed E-state index contributed by atoms with van der Waals surface area (Å²) < 4.78 is 5.73. The van der Waals surface area contributed by atoms with Gasteiger partial charge in [0.25, 0.3) is 5.91 Å². The second-order valence-corrected chi connectivity index (χ2v) is 8.26. The zero-order valence-electron chi connectivity index (χ0n) is 16.4. The lowest BCUT2D eigenvalue weighted by Crippen LogP contribution is -2.26. The third kappa shape index (κ3) is 5.21. The number of benzene rings is 2. The molecule has 1 amide bonds. The van der Waals surface area contributed by atoms with E-state index in [1.807, 2.05) is 60.8 Å². The van der Waals surface area contributed by atoms with Gasteiger partial charge in [0.2, 0.25) is 0 Å². The summed E-state index contributed by atoms with van der Waals surface area (Å²) in [5.41, 5.74) is 2.18. The Balaban J connectivity index is 1.36. The molecule has 0 bridgehead atoms. The largest absolute Gasteiger partial charge is 0.450 e. The van der Waals surface area contributed by atoms with Gasteiger partial charge < -0.3 is 14.7 Å². The van der Waals surface area contributed by atoms with Crippen LogP contribution in [0.15, 0.2) is 86.8 Å². The van der Waals surface area contributed by atoms with Crippen molar-refractivity contribution in [2.75, 3.05) is 6.54 Å². The number of nitriles is 1. The van der Waals surface area contributed by atoms with E-state index in [-0.39, 0.29) is 5.57 Å². The molecule has 2 aromatic heterocycles. The minimum Gasteiger partial charge on any atom is -0.450 e. The maximum Gasteiger partial charge on any atom is 0.262 e. The normalized spacial score (nSPS) is 11.4. The molecule has 4 rings (SSSR count). The molecule has 0 aliphatic carbocycles. The average molecular weight is 448 g/mol. The number of carbonyl (C=O) groups is 1. The molecule has 0 aliphatic rings. The average Bonchev–Trinajstić information content (AvgIpc) is 3.40. The van der Waals surface area contributed by atoms with E-state index in [0.717, 1.165) is 21.4 Å². The Morgan fingerprint density at radius 1 is 1.16 bits per heavy atom. The van der Waals surface area contributed by atoms with Crippen LogP contribution in [-0.4, -0.2) is 17.4 Å². The first-order valence-electron chi connectivity index (χ1n) is 9.60. The molecule has 0 atom stereocenters. The van der Waals surface area contributed by atoms with E-state index in [0.29, 0.717) is 28.8 Å². The number of aromatic amines is 1. The zero-order chi connectivity index (χ0) is 21.6. The molecule has 0 spiro atoms. The smallest absolute Gasteiger partial charge is 0.262 e. The van der Waals surface area contributed by atoms with Crippen LogP contribution in [0.25, 0.3) is 17.0 Å². The monoisotopic (exact) mass is 447 g/mol. The fourth-order valence-electron chi connectivity index (χ4n) is 3.12. The van der Waals surface area contributed by atoms with Crippen LogP contribution >= 0.6 is 23.4 Å². The Kier molecular flexibility index (Phi) is 6.46. The molecule has 2 aromatic carbocycles. The van der Waals surface area contributed by atoms with E-state index in [2.05, 4.69) is 10.3 Å². The molecule has 31 heavy (non-hydrogen) atoms. The minimum absolute atomic E-state index is 0.00341. The lowest BCUT2D eigenvalue weighted by molar-refractivity contribution is -0.117. The van der Waals surface area contributed by atoms with Crippen molar-refractivity contribution in [3.63, 3.8) is 0 Å². The summed E-state index contributed by atoms with van der Waals surface area (Å²) in [6, 6.07) is 20.9. The minimum atomic E-state index is -0.425. The Labute approximate surface area is 188 Å². The van der Waals surface area contributed by atoms with Gasteiger partial charge in [-0.25, -0.2) is 0 Å². The van der Waals surface area contributed by atoms with Gasteiger partial charge in [-0.1, -0.05) is 41.6 Å². The topological polar surface area (TPSA) is 81.8 Å². The van der Waals surface area contributed by atoms with Gasteiger partial charge in [-0.3, -0.25) is 4.79 Å². The van der Waals surface area contributed by atoms with Crippen LogP contribution in [0.1, 0.15) is 11.3 Å².